The molecule has 124 valence electrons. The fourth-order valence-corrected chi connectivity index (χ4v) is 2.73. The number of hydrogen-bond donors (Lipinski definition) is 1. The third-order valence-electron chi connectivity index (χ3n) is 4.15. The van der Waals surface area contributed by atoms with E-state index in [0.29, 0.717) is 17.9 Å². The highest BCUT2D eigenvalue weighted by Gasteiger charge is 2.20. The summed E-state index contributed by atoms with van der Waals surface area (Å²) < 4.78 is 0. The molecule has 0 radical (unpaired) electrons. The minimum atomic E-state index is -0.146. The average molecular weight is 343 g/mol. The van der Waals surface area contributed by atoms with Gasteiger partial charge in [-0.2, -0.15) is 0 Å². The first-order chi connectivity index (χ1) is 11.5. The lowest BCUT2D eigenvalue weighted by Gasteiger charge is -2.23. The molecular weight excluding hydrogens is 324 g/mol. The van der Waals surface area contributed by atoms with Gasteiger partial charge in [0.15, 0.2) is 0 Å². The Morgan fingerprint density at radius 3 is 2.92 bits per heavy atom. The summed E-state index contributed by atoms with van der Waals surface area (Å²) in [6.07, 6.45) is 2.79. The molecule has 0 bridgehead atoms. The summed E-state index contributed by atoms with van der Waals surface area (Å²) in [4.78, 5) is 26.2. The molecule has 0 aliphatic carbocycles. The van der Waals surface area contributed by atoms with E-state index in [2.05, 4.69) is 15.0 Å². The number of nitrogens with one attached hydrogen (secondary N) is 1. The first-order valence-electron chi connectivity index (χ1n) is 7.85. The molecule has 0 fully saturated rings. The van der Waals surface area contributed by atoms with Gasteiger partial charge in [0.1, 0.15) is 5.82 Å². The summed E-state index contributed by atoms with van der Waals surface area (Å²) in [5, 5.41) is 0.658. The highest BCUT2D eigenvalue weighted by Crippen LogP contribution is 2.22. The first-order valence-corrected chi connectivity index (χ1v) is 8.23. The molecular formula is C18H19ClN4O. The topological polar surface area (TPSA) is 61.9 Å². The predicted molar refractivity (Wildman–Crippen MR) is 94.8 cm³/mol. The number of aromatic amines is 1. The molecule has 0 saturated carbocycles. The van der Waals surface area contributed by atoms with E-state index in [-0.39, 0.29) is 11.9 Å². The van der Waals surface area contributed by atoms with Crippen molar-refractivity contribution in [1.82, 2.24) is 19.9 Å². The molecule has 0 unspecified atom stereocenters. The second kappa shape index (κ2) is 7.01. The number of amides is 1. The minimum absolute atomic E-state index is 0.0617. The highest BCUT2D eigenvalue weighted by atomic mass is 35.5. The second-order valence-corrected chi connectivity index (χ2v) is 6.22. The van der Waals surface area contributed by atoms with Crippen molar-refractivity contribution < 1.29 is 4.79 Å². The van der Waals surface area contributed by atoms with Gasteiger partial charge in [-0.15, -0.1) is 0 Å². The molecule has 3 aromatic rings. The molecule has 1 amide bonds. The normalized spacial score (nSPS) is 12.3. The van der Waals surface area contributed by atoms with Crippen LogP contribution in [0.3, 0.4) is 0 Å². The number of aryl methyl sites for hydroxylation is 1. The number of carbonyl (C=O) groups excluding carboxylic acids is 1. The lowest BCUT2D eigenvalue weighted by Crippen LogP contribution is -2.30. The maximum Gasteiger partial charge on any atom is 0.223 e. The number of nitrogens with zero attached hydrogens (tertiary/aromatic N) is 3. The molecule has 0 spiro atoms. The van der Waals surface area contributed by atoms with Gasteiger partial charge in [0.05, 0.1) is 17.1 Å². The van der Waals surface area contributed by atoms with Crippen LogP contribution < -0.4 is 0 Å². The van der Waals surface area contributed by atoms with Gasteiger partial charge < -0.3 is 9.88 Å². The van der Waals surface area contributed by atoms with Crippen LogP contribution >= 0.6 is 11.6 Å². The van der Waals surface area contributed by atoms with E-state index in [1.807, 2.05) is 37.3 Å². The number of H-pyrrole nitrogens is 1. The number of pyridine rings is 1. The Morgan fingerprint density at radius 1 is 1.33 bits per heavy atom. The van der Waals surface area contributed by atoms with Gasteiger partial charge in [0.2, 0.25) is 5.91 Å². The van der Waals surface area contributed by atoms with Crippen molar-refractivity contribution in [1.29, 1.82) is 0 Å². The largest absolute Gasteiger partial charge is 0.340 e. The Labute approximate surface area is 145 Å². The lowest BCUT2D eigenvalue weighted by atomic mass is 10.2. The van der Waals surface area contributed by atoms with E-state index in [1.165, 1.54) is 0 Å². The van der Waals surface area contributed by atoms with E-state index in [0.717, 1.165) is 22.6 Å². The Bertz CT molecular complexity index is 847. The molecule has 1 N–H and O–H groups in total. The highest BCUT2D eigenvalue weighted by molar-refractivity contribution is 6.31. The zero-order chi connectivity index (χ0) is 17.1. The van der Waals surface area contributed by atoms with Crippen molar-refractivity contribution in [2.24, 2.45) is 0 Å². The smallest absolute Gasteiger partial charge is 0.223 e. The fourth-order valence-electron chi connectivity index (χ4n) is 2.56. The van der Waals surface area contributed by atoms with Gasteiger partial charge in [-0.25, -0.2) is 4.98 Å². The maximum atomic E-state index is 12.4. The Morgan fingerprint density at radius 2 is 2.17 bits per heavy atom. The molecule has 0 aliphatic heterocycles. The Hall–Kier alpha value is -2.40. The van der Waals surface area contributed by atoms with Crippen LogP contribution in [-0.4, -0.2) is 32.8 Å². The van der Waals surface area contributed by atoms with E-state index in [4.69, 9.17) is 11.6 Å². The average Bonchev–Trinajstić information content (AvgIpc) is 3.02. The number of aromatic nitrogens is 3. The molecule has 0 aliphatic rings. The Kier molecular flexibility index (Phi) is 4.81. The van der Waals surface area contributed by atoms with Gasteiger partial charge in [-0.1, -0.05) is 17.7 Å². The summed E-state index contributed by atoms with van der Waals surface area (Å²) in [6.45, 7) is 1.96. The van der Waals surface area contributed by atoms with Crippen molar-refractivity contribution in [3.05, 3.63) is 59.1 Å². The lowest BCUT2D eigenvalue weighted by molar-refractivity contribution is -0.131. The Balaban J connectivity index is 1.68. The number of benzene rings is 1. The van der Waals surface area contributed by atoms with Crippen molar-refractivity contribution in [2.45, 2.75) is 25.8 Å². The van der Waals surface area contributed by atoms with E-state index < -0.39 is 0 Å². The quantitative estimate of drug-likeness (QED) is 0.767. The van der Waals surface area contributed by atoms with Gasteiger partial charge in [-0.3, -0.25) is 9.78 Å². The van der Waals surface area contributed by atoms with Crippen LogP contribution in [0.2, 0.25) is 5.02 Å². The monoisotopic (exact) mass is 342 g/mol. The summed E-state index contributed by atoms with van der Waals surface area (Å²) in [5.41, 5.74) is 2.64. The molecule has 6 heteroatoms. The molecule has 2 heterocycles. The molecule has 5 nitrogen and oxygen atoms in total. The van der Waals surface area contributed by atoms with E-state index in [9.17, 15) is 4.79 Å². The van der Waals surface area contributed by atoms with Crippen molar-refractivity contribution in [3.63, 3.8) is 0 Å². The zero-order valence-electron chi connectivity index (χ0n) is 13.7. The van der Waals surface area contributed by atoms with Crippen LogP contribution in [0.1, 0.15) is 30.9 Å². The number of imidazole rings is 1. The molecule has 1 atom stereocenters. The number of fused-ring (bicyclic) bond motifs is 1. The molecule has 2 aromatic heterocycles. The third-order valence-corrected chi connectivity index (χ3v) is 4.39. The summed E-state index contributed by atoms with van der Waals surface area (Å²) >= 11 is 6.00. The number of carbonyl (C=O) groups is 1. The van der Waals surface area contributed by atoms with Gasteiger partial charge >= 0.3 is 0 Å². The maximum absolute atomic E-state index is 12.4. The molecule has 3 rings (SSSR count). The summed E-state index contributed by atoms with van der Waals surface area (Å²) in [7, 11) is 1.80. The summed E-state index contributed by atoms with van der Waals surface area (Å²) in [6, 6.07) is 11.1. The standard InChI is InChI=1S/C18H19ClN4O/c1-12(18-21-15-8-6-13(19)11-16(15)22-18)23(2)17(24)9-7-14-5-3-4-10-20-14/h3-6,8,10-12H,7,9H2,1-2H3,(H,21,22)/t12-/m0/s1. The van der Waals surface area contributed by atoms with Crippen molar-refractivity contribution >= 4 is 28.5 Å². The van der Waals surface area contributed by atoms with Gasteiger partial charge in [0, 0.05) is 30.4 Å². The number of halogens is 1. The van der Waals surface area contributed by atoms with Crippen LogP contribution in [0.15, 0.2) is 42.6 Å². The molecule has 24 heavy (non-hydrogen) atoms. The minimum Gasteiger partial charge on any atom is -0.340 e. The van der Waals surface area contributed by atoms with E-state index in [1.54, 1.807) is 24.2 Å². The number of hydrogen-bond acceptors (Lipinski definition) is 3. The van der Waals surface area contributed by atoms with Gasteiger partial charge in [0.25, 0.3) is 0 Å². The van der Waals surface area contributed by atoms with Crippen LogP contribution in [0.4, 0.5) is 0 Å². The van der Waals surface area contributed by atoms with Crippen LogP contribution in [0.5, 0.6) is 0 Å². The second-order valence-electron chi connectivity index (χ2n) is 5.79. The predicted octanol–water partition coefficient (Wildman–Crippen LogP) is 3.76. The van der Waals surface area contributed by atoms with E-state index >= 15 is 0 Å². The number of rotatable bonds is 5. The van der Waals surface area contributed by atoms with Crippen LogP contribution in [0.25, 0.3) is 11.0 Å². The molecule has 1 aromatic carbocycles. The third kappa shape index (κ3) is 3.57. The fraction of sp³-hybridized carbons (Fsp3) is 0.278. The van der Waals surface area contributed by atoms with Gasteiger partial charge in [-0.05, 0) is 43.7 Å². The first kappa shape index (κ1) is 16.5. The SMILES string of the molecule is C[C@@H](c1nc2ccc(Cl)cc2[nH]1)N(C)C(=O)CCc1ccccn1. The molecule has 0 saturated heterocycles. The van der Waals surface area contributed by atoms with Crippen LogP contribution in [0, 0.1) is 0 Å². The van der Waals surface area contributed by atoms with Crippen molar-refractivity contribution in [3.8, 4) is 0 Å². The zero-order valence-corrected chi connectivity index (χ0v) is 14.4. The van der Waals surface area contributed by atoms with Crippen molar-refractivity contribution in [2.75, 3.05) is 7.05 Å². The summed E-state index contributed by atoms with van der Waals surface area (Å²) in [5.74, 6) is 0.813. The van der Waals surface area contributed by atoms with Crippen LogP contribution in [-0.2, 0) is 11.2 Å².